The molecule has 2 aliphatic rings. The summed E-state index contributed by atoms with van der Waals surface area (Å²) in [5, 5.41) is 0. The molecule has 0 N–H and O–H groups in total. The fraction of sp³-hybridized carbons (Fsp3) is 0.588. The molecule has 2 atom stereocenters. The van der Waals surface area contributed by atoms with E-state index in [-0.39, 0.29) is 5.91 Å². The molecule has 0 spiro atoms. The molecule has 1 aliphatic carbocycles. The van der Waals surface area contributed by atoms with Gasteiger partial charge in [0.1, 0.15) is 5.75 Å². The molecule has 1 amide bonds. The quantitative estimate of drug-likeness (QED) is 0.802. The lowest BCUT2D eigenvalue weighted by molar-refractivity contribution is 0.0518. The average Bonchev–Trinajstić information content (AvgIpc) is 2.53. The summed E-state index contributed by atoms with van der Waals surface area (Å²) in [5.41, 5.74) is 0.676. The van der Waals surface area contributed by atoms with Gasteiger partial charge in [-0.25, -0.2) is 0 Å². The maximum absolute atomic E-state index is 12.8. The van der Waals surface area contributed by atoms with Gasteiger partial charge in [0, 0.05) is 17.6 Å². The molecule has 0 bridgehead atoms. The fourth-order valence-electron chi connectivity index (χ4n) is 3.80. The monoisotopic (exact) mass is 351 g/mol. The Morgan fingerprint density at radius 3 is 2.76 bits per heavy atom. The van der Waals surface area contributed by atoms with Crippen LogP contribution in [0.3, 0.4) is 0 Å². The highest BCUT2D eigenvalue weighted by Gasteiger charge is 2.33. The van der Waals surface area contributed by atoms with E-state index in [0.29, 0.717) is 17.2 Å². The zero-order chi connectivity index (χ0) is 14.8. The predicted molar refractivity (Wildman–Crippen MR) is 86.7 cm³/mol. The van der Waals surface area contributed by atoms with Crippen LogP contribution in [0.2, 0.25) is 0 Å². The topological polar surface area (TPSA) is 29.5 Å². The summed E-state index contributed by atoms with van der Waals surface area (Å²) in [6.07, 6.45) is 6.50. The molecule has 0 radical (unpaired) electrons. The van der Waals surface area contributed by atoms with Crippen molar-refractivity contribution in [2.75, 3.05) is 20.2 Å². The maximum Gasteiger partial charge on any atom is 0.257 e. The molecule has 1 heterocycles. The molecule has 1 aromatic rings. The van der Waals surface area contributed by atoms with E-state index in [0.717, 1.165) is 29.9 Å². The van der Waals surface area contributed by atoms with Crippen LogP contribution in [0.4, 0.5) is 0 Å². The van der Waals surface area contributed by atoms with Gasteiger partial charge in [-0.1, -0.05) is 35.2 Å². The Bertz CT molecular complexity index is 532. The zero-order valence-electron chi connectivity index (χ0n) is 12.5. The van der Waals surface area contributed by atoms with Gasteiger partial charge in [-0.05, 0) is 42.9 Å². The minimum absolute atomic E-state index is 0.114. The Hall–Kier alpha value is -1.03. The van der Waals surface area contributed by atoms with Crippen LogP contribution in [-0.4, -0.2) is 31.0 Å². The molecule has 3 nitrogen and oxygen atoms in total. The third kappa shape index (κ3) is 3.10. The van der Waals surface area contributed by atoms with E-state index < -0.39 is 0 Å². The highest BCUT2D eigenvalue weighted by molar-refractivity contribution is 9.10. The third-order valence-electron chi connectivity index (χ3n) is 4.97. The minimum atomic E-state index is 0.114. The van der Waals surface area contributed by atoms with Crippen molar-refractivity contribution in [3.8, 4) is 5.75 Å². The predicted octanol–water partition coefficient (Wildman–Crippen LogP) is 4.11. The lowest BCUT2D eigenvalue weighted by Gasteiger charge is -2.41. The molecule has 114 valence electrons. The van der Waals surface area contributed by atoms with Crippen molar-refractivity contribution < 1.29 is 9.53 Å². The summed E-state index contributed by atoms with van der Waals surface area (Å²) in [6.45, 7) is 1.81. The van der Waals surface area contributed by atoms with Gasteiger partial charge in [-0.3, -0.25) is 4.79 Å². The van der Waals surface area contributed by atoms with E-state index in [1.807, 2.05) is 23.1 Å². The van der Waals surface area contributed by atoms with Crippen LogP contribution in [0, 0.1) is 11.8 Å². The van der Waals surface area contributed by atoms with Crippen LogP contribution in [0.1, 0.15) is 42.5 Å². The Balaban J connectivity index is 1.76. The van der Waals surface area contributed by atoms with Crippen molar-refractivity contribution in [2.24, 2.45) is 11.8 Å². The molecule has 1 saturated carbocycles. The number of carbonyl (C=O) groups excluding carboxylic acids is 1. The third-order valence-corrected chi connectivity index (χ3v) is 5.47. The number of piperidine rings is 1. The SMILES string of the molecule is COc1cc(Br)ccc1C(=O)N1CCC2CCCCC2C1. The number of hydrogen-bond acceptors (Lipinski definition) is 2. The van der Waals surface area contributed by atoms with Gasteiger partial charge in [-0.15, -0.1) is 0 Å². The second-order valence-electron chi connectivity index (χ2n) is 6.19. The lowest BCUT2D eigenvalue weighted by atomic mass is 9.75. The average molecular weight is 352 g/mol. The molecule has 1 aliphatic heterocycles. The van der Waals surface area contributed by atoms with Gasteiger partial charge in [0.25, 0.3) is 5.91 Å². The zero-order valence-corrected chi connectivity index (χ0v) is 14.1. The second kappa shape index (κ2) is 6.39. The molecule has 21 heavy (non-hydrogen) atoms. The van der Waals surface area contributed by atoms with Gasteiger partial charge >= 0.3 is 0 Å². The van der Waals surface area contributed by atoms with Crippen molar-refractivity contribution in [3.05, 3.63) is 28.2 Å². The summed E-state index contributed by atoms with van der Waals surface area (Å²) in [7, 11) is 1.62. The number of halogens is 1. The number of carbonyl (C=O) groups is 1. The number of likely N-dealkylation sites (tertiary alicyclic amines) is 1. The summed E-state index contributed by atoms with van der Waals surface area (Å²) >= 11 is 3.42. The fourth-order valence-corrected chi connectivity index (χ4v) is 4.14. The van der Waals surface area contributed by atoms with Crippen molar-refractivity contribution in [1.82, 2.24) is 4.90 Å². The maximum atomic E-state index is 12.8. The first-order valence-electron chi connectivity index (χ1n) is 7.82. The Morgan fingerprint density at radius 1 is 1.24 bits per heavy atom. The summed E-state index contributed by atoms with van der Waals surface area (Å²) < 4.78 is 6.30. The number of methoxy groups -OCH3 is 1. The van der Waals surface area contributed by atoms with Crippen LogP contribution < -0.4 is 4.74 Å². The Labute approximate surface area is 134 Å². The molecule has 0 aromatic heterocycles. The highest BCUT2D eigenvalue weighted by Crippen LogP contribution is 2.37. The summed E-state index contributed by atoms with van der Waals surface area (Å²) in [6, 6.07) is 5.63. The lowest BCUT2D eigenvalue weighted by Crippen LogP contribution is -2.44. The van der Waals surface area contributed by atoms with Crippen LogP contribution in [-0.2, 0) is 0 Å². The minimum Gasteiger partial charge on any atom is -0.496 e. The molecule has 1 saturated heterocycles. The van der Waals surface area contributed by atoms with E-state index >= 15 is 0 Å². The summed E-state index contributed by atoms with van der Waals surface area (Å²) in [4.78, 5) is 14.8. The number of amides is 1. The largest absolute Gasteiger partial charge is 0.496 e. The van der Waals surface area contributed by atoms with Crippen LogP contribution in [0.25, 0.3) is 0 Å². The van der Waals surface area contributed by atoms with Gasteiger partial charge in [-0.2, -0.15) is 0 Å². The first-order chi connectivity index (χ1) is 10.2. The van der Waals surface area contributed by atoms with Gasteiger partial charge < -0.3 is 9.64 Å². The first-order valence-corrected chi connectivity index (χ1v) is 8.61. The molecular weight excluding hydrogens is 330 g/mol. The number of fused-ring (bicyclic) bond motifs is 1. The van der Waals surface area contributed by atoms with Crippen molar-refractivity contribution >= 4 is 21.8 Å². The standard InChI is InChI=1S/C17H22BrNO2/c1-21-16-10-14(18)6-7-15(16)17(20)19-9-8-12-4-2-3-5-13(12)11-19/h6-7,10,12-13H,2-5,8-9,11H2,1H3. The number of rotatable bonds is 2. The number of nitrogens with zero attached hydrogens (tertiary/aromatic N) is 1. The van der Waals surface area contributed by atoms with E-state index in [9.17, 15) is 4.79 Å². The highest BCUT2D eigenvalue weighted by atomic mass is 79.9. The Morgan fingerprint density at radius 2 is 2.00 bits per heavy atom. The second-order valence-corrected chi connectivity index (χ2v) is 7.10. The number of benzene rings is 1. The van der Waals surface area contributed by atoms with E-state index in [2.05, 4.69) is 15.9 Å². The smallest absolute Gasteiger partial charge is 0.257 e. The normalized spacial score (nSPS) is 25.3. The molecule has 2 unspecified atom stereocenters. The van der Waals surface area contributed by atoms with Gasteiger partial charge in [0.15, 0.2) is 0 Å². The Kier molecular flexibility index (Phi) is 4.53. The van der Waals surface area contributed by atoms with Crippen molar-refractivity contribution in [2.45, 2.75) is 32.1 Å². The van der Waals surface area contributed by atoms with Crippen LogP contribution in [0.5, 0.6) is 5.75 Å². The first kappa shape index (κ1) is 14.9. The molecule has 2 fully saturated rings. The van der Waals surface area contributed by atoms with Gasteiger partial charge in [0.2, 0.25) is 0 Å². The number of ether oxygens (including phenoxy) is 1. The van der Waals surface area contributed by atoms with Crippen molar-refractivity contribution in [1.29, 1.82) is 0 Å². The molecule has 4 heteroatoms. The van der Waals surface area contributed by atoms with Crippen LogP contribution in [0.15, 0.2) is 22.7 Å². The van der Waals surface area contributed by atoms with E-state index in [4.69, 9.17) is 4.74 Å². The molecular formula is C17H22BrNO2. The van der Waals surface area contributed by atoms with E-state index in [1.54, 1.807) is 7.11 Å². The summed E-state index contributed by atoms with van der Waals surface area (Å²) in [5.74, 6) is 2.32. The van der Waals surface area contributed by atoms with Gasteiger partial charge in [0.05, 0.1) is 12.7 Å². The molecule has 3 rings (SSSR count). The van der Waals surface area contributed by atoms with Crippen LogP contribution >= 0.6 is 15.9 Å². The van der Waals surface area contributed by atoms with E-state index in [1.165, 1.54) is 25.7 Å². The number of hydrogen-bond donors (Lipinski definition) is 0. The van der Waals surface area contributed by atoms with Crippen molar-refractivity contribution in [3.63, 3.8) is 0 Å². The molecule has 1 aromatic carbocycles.